The van der Waals surface area contributed by atoms with Crippen molar-refractivity contribution in [2.45, 2.75) is 24.4 Å². The number of carbonyl (C=O) groups is 1. The normalized spacial score (nSPS) is 16.6. The number of benzene rings is 2. The first-order valence-electron chi connectivity index (χ1n) is 11.1. The quantitative estimate of drug-likeness (QED) is 0.385. The number of amides is 1. The molecule has 0 saturated carbocycles. The zero-order valence-corrected chi connectivity index (χ0v) is 21.4. The van der Waals surface area contributed by atoms with Crippen molar-refractivity contribution in [1.29, 1.82) is 0 Å². The van der Waals surface area contributed by atoms with E-state index in [1.807, 2.05) is 46.9 Å². The zero-order valence-electron chi connectivity index (χ0n) is 19.0. The van der Waals surface area contributed by atoms with Gasteiger partial charge in [-0.05, 0) is 43.3 Å². The van der Waals surface area contributed by atoms with Crippen LogP contribution >= 0.6 is 22.9 Å². The van der Waals surface area contributed by atoms with Gasteiger partial charge in [0.1, 0.15) is 6.54 Å². The maximum absolute atomic E-state index is 13.1. The summed E-state index contributed by atoms with van der Waals surface area (Å²) in [6, 6.07) is 14.5. The first-order chi connectivity index (χ1) is 16.8. The van der Waals surface area contributed by atoms with Gasteiger partial charge in [0.15, 0.2) is 5.13 Å². The van der Waals surface area contributed by atoms with Gasteiger partial charge in [0.25, 0.3) is 10.0 Å². The number of aromatic nitrogens is 2. The van der Waals surface area contributed by atoms with Gasteiger partial charge in [-0.25, -0.2) is 13.4 Å². The van der Waals surface area contributed by atoms with Crippen LogP contribution in [0.4, 0.5) is 10.8 Å². The molecule has 35 heavy (non-hydrogen) atoms. The van der Waals surface area contributed by atoms with Crippen LogP contribution in [-0.2, 0) is 21.4 Å². The summed E-state index contributed by atoms with van der Waals surface area (Å²) >= 11 is 7.59. The molecule has 8 nitrogen and oxygen atoms in total. The highest BCUT2D eigenvalue weighted by Crippen LogP contribution is 2.26. The van der Waals surface area contributed by atoms with E-state index >= 15 is 0 Å². The Morgan fingerprint density at radius 3 is 2.71 bits per heavy atom. The summed E-state index contributed by atoms with van der Waals surface area (Å²) in [5.41, 5.74) is 1.79. The summed E-state index contributed by atoms with van der Waals surface area (Å²) < 4.78 is 29.5. The number of nitrogens with one attached hydrogen (secondary N) is 1. The van der Waals surface area contributed by atoms with Crippen molar-refractivity contribution in [3.05, 3.63) is 71.3 Å². The van der Waals surface area contributed by atoms with E-state index in [0.29, 0.717) is 29.8 Å². The molecule has 1 atom stereocenters. The molecular formula is C24H28ClN5O3S2. The Morgan fingerprint density at radius 1 is 1.20 bits per heavy atom. The number of halogens is 1. The zero-order chi connectivity index (χ0) is 24.6. The molecule has 1 N–H and O–H groups in total. The second-order valence-corrected chi connectivity index (χ2v) is 11.4. The second-order valence-electron chi connectivity index (χ2n) is 8.44. The molecule has 2 aromatic heterocycles. The van der Waals surface area contributed by atoms with E-state index in [4.69, 9.17) is 11.6 Å². The van der Waals surface area contributed by atoms with Crippen molar-refractivity contribution in [1.82, 2.24) is 14.5 Å². The molecule has 4 aromatic rings. The van der Waals surface area contributed by atoms with E-state index < -0.39 is 10.0 Å². The molecule has 0 radical (unpaired) electrons. The van der Waals surface area contributed by atoms with Crippen molar-refractivity contribution in [2.75, 3.05) is 29.3 Å². The molecule has 3 heterocycles. The van der Waals surface area contributed by atoms with E-state index in [1.165, 1.54) is 11.3 Å². The van der Waals surface area contributed by atoms with E-state index in [-0.39, 0.29) is 26.2 Å². The molecule has 0 unspecified atom stereocenters. The number of para-hydroxylation sites is 1. The molecule has 0 bridgehead atoms. The van der Waals surface area contributed by atoms with E-state index in [1.54, 1.807) is 35.8 Å². The lowest BCUT2D eigenvalue weighted by atomic mass is 10.1. The highest BCUT2D eigenvalue weighted by atomic mass is 35.5. The molecule has 1 saturated heterocycles. The van der Waals surface area contributed by atoms with Gasteiger partial charge >= 0.3 is 0 Å². The van der Waals surface area contributed by atoms with Crippen LogP contribution in [0, 0.1) is 0 Å². The van der Waals surface area contributed by atoms with Gasteiger partial charge in [0.05, 0.1) is 15.4 Å². The molecule has 5 rings (SSSR count). The number of carbonyl (C=O) groups excluding carboxylic acids is 1. The molecule has 1 aliphatic rings. The summed E-state index contributed by atoms with van der Waals surface area (Å²) in [6.45, 7) is 4.16. The topological polar surface area (TPSA) is 87.5 Å². The SMILES string of the molecule is C[C@@H]1CN(c2ccc(S(=O)(=O)Nc3nccs3)cc2)CCN1C(=O)Cn1ccc2cccc(Cl)c21.[HH].[HH]. The lowest BCUT2D eigenvalue weighted by molar-refractivity contribution is -0.134. The van der Waals surface area contributed by atoms with Crippen LogP contribution in [-0.4, -0.2) is 54.5 Å². The predicted molar refractivity (Wildman–Crippen MR) is 144 cm³/mol. The molecule has 0 aliphatic carbocycles. The average Bonchev–Trinajstić information content (AvgIpc) is 3.49. The van der Waals surface area contributed by atoms with Crippen LogP contribution in [0.5, 0.6) is 0 Å². The highest BCUT2D eigenvalue weighted by molar-refractivity contribution is 7.93. The molecule has 0 spiro atoms. The Kier molecular flexibility index (Phi) is 6.43. The minimum absolute atomic E-state index is 0. The van der Waals surface area contributed by atoms with Crippen molar-refractivity contribution >= 4 is 60.6 Å². The highest BCUT2D eigenvalue weighted by Gasteiger charge is 2.28. The fourth-order valence-electron chi connectivity index (χ4n) is 4.43. The molecule has 1 fully saturated rings. The molecular weight excluding hydrogens is 506 g/mol. The number of sulfonamides is 1. The molecule has 1 aliphatic heterocycles. The number of hydrogen-bond acceptors (Lipinski definition) is 6. The second kappa shape index (κ2) is 9.52. The fraction of sp³-hybridized carbons (Fsp3) is 0.250. The molecule has 186 valence electrons. The Balaban J connectivity index is 0.00000190. The number of anilines is 2. The summed E-state index contributed by atoms with van der Waals surface area (Å²) in [4.78, 5) is 21.3. The number of piperazine rings is 1. The van der Waals surface area contributed by atoms with Crippen LogP contribution < -0.4 is 9.62 Å². The number of nitrogens with zero attached hydrogens (tertiary/aromatic N) is 4. The van der Waals surface area contributed by atoms with Crippen molar-refractivity contribution in [3.8, 4) is 0 Å². The minimum Gasteiger partial charge on any atom is -0.368 e. The maximum atomic E-state index is 13.1. The lowest BCUT2D eigenvalue weighted by Crippen LogP contribution is -2.54. The summed E-state index contributed by atoms with van der Waals surface area (Å²) in [5.74, 6) is 0.0456. The van der Waals surface area contributed by atoms with Crippen LogP contribution in [0.25, 0.3) is 10.9 Å². The first-order valence-corrected chi connectivity index (χ1v) is 13.9. The number of hydrogen-bond donors (Lipinski definition) is 1. The van der Waals surface area contributed by atoms with Gasteiger partial charge in [0.2, 0.25) is 5.91 Å². The Bertz CT molecular complexity index is 1460. The lowest BCUT2D eigenvalue weighted by Gasteiger charge is -2.41. The van der Waals surface area contributed by atoms with Crippen LogP contribution in [0.2, 0.25) is 5.02 Å². The van der Waals surface area contributed by atoms with Gasteiger partial charge < -0.3 is 14.4 Å². The van der Waals surface area contributed by atoms with E-state index in [2.05, 4.69) is 14.6 Å². The molecule has 11 heteroatoms. The van der Waals surface area contributed by atoms with Gasteiger partial charge in [-0.2, -0.15) is 0 Å². The monoisotopic (exact) mass is 533 g/mol. The third-order valence-electron chi connectivity index (χ3n) is 6.16. The molecule has 2 aromatic carbocycles. The Morgan fingerprint density at radius 2 is 2.00 bits per heavy atom. The fourth-order valence-corrected chi connectivity index (χ4v) is 6.51. The van der Waals surface area contributed by atoms with Crippen molar-refractivity contribution < 1.29 is 16.1 Å². The largest absolute Gasteiger partial charge is 0.368 e. The first kappa shape index (κ1) is 23.7. The van der Waals surface area contributed by atoms with Gasteiger partial charge in [-0.3, -0.25) is 9.52 Å². The summed E-state index contributed by atoms with van der Waals surface area (Å²) in [6.07, 6.45) is 3.45. The number of fused-ring (bicyclic) bond motifs is 1. The number of rotatable bonds is 6. The van der Waals surface area contributed by atoms with Crippen molar-refractivity contribution in [3.63, 3.8) is 0 Å². The Hall–Kier alpha value is -3.08. The van der Waals surface area contributed by atoms with E-state index in [0.717, 1.165) is 16.6 Å². The van der Waals surface area contributed by atoms with Crippen LogP contribution in [0.1, 0.15) is 9.78 Å². The summed E-state index contributed by atoms with van der Waals surface area (Å²) in [5, 5.41) is 3.68. The van der Waals surface area contributed by atoms with E-state index in [9.17, 15) is 13.2 Å². The summed E-state index contributed by atoms with van der Waals surface area (Å²) in [7, 11) is -3.69. The Labute approximate surface area is 215 Å². The third kappa shape index (κ3) is 4.86. The predicted octanol–water partition coefficient (Wildman–Crippen LogP) is 4.78. The maximum Gasteiger partial charge on any atom is 0.263 e. The van der Waals surface area contributed by atoms with Crippen LogP contribution in [0.3, 0.4) is 0 Å². The van der Waals surface area contributed by atoms with Crippen LogP contribution in [0.15, 0.2) is 71.2 Å². The number of thiazole rings is 1. The van der Waals surface area contributed by atoms with Crippen molar-refractivity contribution in [2.24, 2.45) is 0 Å². The standard InChI is InChI=1S/C24H24ClN5O3S2.2H2/c1-17-15-28(19-5-7-20(8-6-19)35(32,33)27-24-26-10-14-34-24)12-13-30(17)22(31)16-29-11-9-18-3-2-4-21(25)23(18)29;;/h2-11,14,17H,12-13,15-16H2,1H3,(H,26,27);2*1H/t17-;;/m1../s1. The van der Waals surface area contributed by atoms with Gasteiger partial charge in [-0.15, -0.1) is 11.3 Å². The third-order valence-corrected chi connectivity index (χ3v) is 8.64. The molecule has 1 amide bonds. The smallest absolute Gasteiger partial charge is 0.263 e. The average molecular weight is 534 g/mol. The van der Waals surface area contributed by atoms with Gasteiger partial charge in [-0.1, -0.05) is 23.7 Å². The minimum atomic E-state index is -3.69. The van der Waals surface area contributed by atoms with Gasteiger partial charge in [0, 0.05) is 57.4 Å².